The number of pyridine rings is 1. The first-order valence-corrected chi connectivity index (χ1v) is 4.20. The van der Waals surface area contributed by atoms with Crippen molar-refractivity contribution in [3.63, 3.8) is 0 Å². The number of hydrogen-bond acceptors (Lipinski definition) is 2. The van der Waals surface area contributed by atoms with Crippen molar-refractivity contribution in [2.75, 3.05) is 6.26 Å². The number of aryl methyl sites for hydroxylation is 1. The number of rotatable bonds is 1. The minimum Gasteiger partial charge on any atom is -0.618 e. The molecule has 10 heavy (non-hydrogen) atoms. The van der Waals surface area contributed by atoms with Gasteiger partial charge in [-0.2, -0.15) is 4.73 Å². The summed E-state index contributed by atoms with van der Waals surface area (Å²) in [7, 11) is 0. The predicted molar refractivity (Wildman–Crippen MR) is 41.9 cm³/mol. The standard InChI is InChI=1S/C7H9NOS/c1-6-3-4-7(10-2)8(9)5-6/h3-5H,1-2H3. The molecule has 1 aromatic heterocycles. The van der Waals surface area contributed by atoms with E-state index in [-0.39, 0.29) is 0 Å². The van der Waals surface area contributed by atoms with Crippen molar-refractivity contribution < 1.29 is 4.73 Å². The third-order valence-corrected chi connectivity index (χ3v) is 1.97. The minimum absolute atomic E-state index is 0.741. The molecule has 0 fully saturated rings. The van der Waals surface area contributed by atoms with Crippen molar-refractivity contribution in [2.24, 2.45) is 0 Å². The van der Waals surface area contributed by atoms with Crippen LogP contribution in [0.5, 0.6) is 0 Å². The smallest absolute Gasteiger partial charge is 0.251 e. The first kappa shape index (κ1) is 7.41. The monoisotopic (exact) mass is 155 g/mol. The molecule has 1 heterocycles. The lowest BCUT2D eigenvalue weighted by Crippen LogP contribution is -2.28. The first-order chi connectivity index (χ1) is 4.74. The van der Waals surface area contributed by atoms with Gasteiger partial charge in [-0.25, -0.2) is 0 Å². The quantitative estimate of drug-likeness (QED) is 0.348. The van der Waals surface area contributed by atoms with Crippen molar-refractivity contribution in [2.45, 2.75) is 11.9 Å². The van der Waals surface area contributed by atoms with Gasteiger partial charge in [0.15, 0.2) is 6.20 Å². The van der Waals surface area contributed by atoms with Crippen LogP contribution in [-0.2, 0) is 0 Å². The largest absolute Gasteiger partial charge is 0.618 e. The van der Waals surface area contributed by atoms with E-state index in [1.165, 1.54) is 11.8 Å². The van der Waals surface area contributed by atoms with Gasteiger partial charge < -0.3 is 5.21 Å². The molecule has 0 radical (unpaired) electrons. The van der Waals surface area contributed by atoms with Gasteiger partial charge in [0.2, 0.25) is 0 Å². The van der Waals surface area contributed by atoms with E-state index in [0.717, 1.165) is 15.3 Å². The Morgan fingerprint density at radius 2 is 2.20 bits per heavy atom. The summed E-state index contributed by atoms with van der Waals surface area (Å²) >= 11 is 1.45. The zero-order valence-electron chi connectivity index (χ0n) is 6.00. The average Bonchev–Trinajstić information content (AvgIpc) is 1.88. The Balaban J connectivity index is 3.07. The molecule has 2 nitrogen and oxygen atoms in total. The van der Waals surface area contributed by atoms with E-state index in [4.69, 9.17) is 0 Å². The minimum atomic E-state index is 0.741. The molecule has 1 aromatic rings. The highest BCUT2D eigenvalue weighted by molar-refractivity contribution is 7.98. The summed E-state index contributed by atoms with van der Waals surface area (Å²) in [5.41, 5.74) is 0.993. The Bertz CT molecular complexity index is 237. The van der Waals surface area contributed by atoms with Gasteiger partial charge in [-0.05, 0) is 19.2 Å². The Hall–Kier alpha value is -0.700. The van der Waals surface area contributed by atoms with Gasteiger partial charge in [0, 0.05) is 11.6 Å². The zero-order chi connectivity index (χ0) is 7.56. The first-order valence-electron chi connectivity index (χ1n) is 2.98. The van der Waals surface area contributed by atoms with E-state index in [1.807, 2.05) is 25.3 Å². The lowest BCUT2D eigenvalue weighted by atomic mass is 10.3. The molecule has 0 bridgehead atoms. The van der Waals surface area contributed by atoms with Gasteiger partial charge in [0.1, 0.15) is 0 Å². The fourth-order valence-electron chi connectivity index (χ4n) is 0.726. The van der Waals surface area contributed by atoms with Crippen LogP contribution in [-0.4, -0.2) is 6.26 Å². The van der Waals surface area contributed by atoms with Gasteiger partial charge in [0.05, 0.1) is 0 Å². The Morgan fingerprint density at radius 1 is 1.50 bits per heavy atom. The van der Waals surface area contributed by atoms with E-state index < -0.39 is 0 Å². The number of aromatic nitrogens is 1. The molecule has 0 unspecified atom stereocenters. The Morgan fingerprint density at radius 3 is 2.70 bits per heavy atom. The molecule has 0 aliphatic rings. The molecule has 3 heteroatoms. The number of nitrogens with zero attached hydrogens (tertiary/aromatic N) is 1. The maximum absolute atomic E-state index is 11.0. The van der Waals surface area contributed by atoms with E-state index in [1.54, 1.807) is 6.20 Å². The molecule has 0 amide bonds. The second kappa shape index (κ2) is 2.92. The number of thioether (sulfide) groups is 1. The van der Waals surface area contributed by atoms with Crippen molar-refractivity contribution in [1.29, 1.82) is 0 Å². The van der Waals surface area contributed by atoms with E-state index in [2.05, 4.69) is 0 Å². The van der Waals surface area contributed by atoms with Crippen LogP contribution in [0, 0.1) is 12.1 Å². The van der Waals surface area contributed by atoms with Gasteiger partial charge in [-0.1, -0.05) is 11.8 Å². The highest BCUT2D eigenvalue weighted by atomic mass is 32.2. The van der Waals surface area contributed by atoms with Crippen LogP contribution < -0.4 is 4.73 Å². The topological polar surface area (TPSA) is 26.9 Å². The van der Waals surface area contributed by atoms with Crippen molar-refractivity contribution in [3.8, 4) is 0 Å². The molecule has 0 aliphatic carbocycles. The molecule has 0 saturated carbocycles. The third-order valence-electron chi connectivity index (χ3n) is 1.24. The molecule has 54 valence electrons. The predicted octanol–water partition coefficient (Wildman–Crippen LogP) is 1.35. The SMILES string of the molecule is CSc1ccc(C)c[n+]1[O-]. The summed E-state index contributed by atoms with van der Waals surface area (Å²) < 4.78 is 0.889. The normalized spacial score (nSPS) is 9.80. The molecule has 1 rings (SSSR count). The van der Waals surface area contributed by atoms with Gasteiger partial charge >= 0.3 is 0 Å². The summed E-state index contributed by atoms with van der Waals surface area (Å²) in [5, 5.41) is 11.7. The maximum Gasteiger partial charge on any atom is 0.251 e. The average molecular weight is 155 g/mol. The molecular formula is C7H9NOS. The Labute approximate surface area is 64.5 Å². The summed E-state index contributed by atoms with van der Waals surface area (Å²) in [6.45, 7) is 1.90. The molecule has 0 atom stereocenters. The fourth-order valence-corrected chi connectivity index (χ4v) is 1.16. The maximum atomic E-state index is 11.0. The van der Waals surface area contributed by atoms with Gasteiger partial charge in [-0.15, -0.1) is 0 Å². The summed E-state index contributed by atoms with van der Waals surface area (Å²) in [4.78, 5) is 0. The lowest BCUT2D eigenvalue weighted by molar-refractivity contribution is -0.645. The van der Waals surface area contributed by atoms with Crippen LogP contribution in [0.25, 0.3) is 0 Å². The van der Waals surface area contributed by atoms with Gasteiger partial charge in [0.25, 0.3) is 5.03 Å². The molecule has 0 aliphatic heterocycles. The highest BCUT2D eigenvalue weighted by Gasteiger charge is 2.00. The molecule has 0 saturated heterocycles. The van der Waals surface area contributed by atoms with Crippen LogP contribution in [0.3, 0.4) is 0 Å². The second-order valence-electron chi connectivity index (χ2n) is 2.07. The van der Waals surface area contributed by atoms with Crippen LogP contribution in [0.2, 0.25) is 0 Å². The van der Waals surface area contributed by atoms with Crippen LogP contribution in [0.15, 0.2) is 23.4 Å². The fraction of sp³-hybridized carbons (Fsp3) is 0.286. The molecule has 0 N–H and O–H groups in total. The highest BCUT2D eigenvalue weighted by Crippen LogP contribution is 2.08. The van der Waals surface area contributed by atoms with E-state index in [9.17, 15) is 5.21 Å². The second-order valence-corrected chi connectivity index (χ2v) is 2.90. The van der Waals surface area contributed by atoms with E-state index in [0.29, 0.717) is 0 Å². The van der Waals surface area contributed by atoms with Crippen molar-refractivity contribution >= 4 is 11.8 Å². The van der Waals surface area contributed by atoms with Crippen LogP contribution in [0.4, 0.5) is 0 Å². The van der Waals surface area contributed by atoms with Gasteiger partial charge in [-0.3, -0.25) is 0 Å². The van der Waals surface area contributed by atoms with Crippen molar-refractivity contribution in [1.82, 2.24) is 0 Å². The van der Waals surface area contributed by atoms with Crippen LogP contribution in [0.1, 0.15) is 5.56 Å². The molecule has 0 aromatic carbocycles. The molecular weight excluding hydrogens is 146 g/mol. The zero-order valence-corrected chi connectivity index (χ0v) is 6.81. The van der Waals surface area contributed by atoms with Crippen molar-refractivity contribution in [3.05, 3.63) is 29.1 Å². The molecule has 0 spiro atoms. The summed E-state index contributed by atoms with van der Waals surface area (Å²) in [6, 6.07) is 3.76. The lowest BCUT2D eigenvalue weighted by Gasteiger charge is -2.00. The number of hydrogen-bond donors (Lipinski definition) is 0. The van der Waals surface area contributed by atoms with E-state index >= 15 is 0 Å². The Kier molecular flexibility index (Phi) is 2.17. The van der Waals surface area contributed by atoms with Crippen LogP contribution >= 0.6 is 11.8 Å². The third kappa shape index (κ3) is 1.42. The summed E-state index contributed by atoms with van der Waals surface area (Å²) in [6.07, 6.45) is 3.46. The summed E-state index contributed by atoms with van der Waals surface area (Å²) in [5.74, 6) is 0.